The Hall–Kier alpha value is -3.74. The van der Waals surface area contributed by atoms with Crippen LogP contribution in [0.3, 0.4) is 0 Å². The number of para-hydroxylation sites is 1. The number of amidine groups is 2. The van der Waals surface area contributed by atoms with E-state index < -0.39 is 16.3 Å². The van der Waals surface area contributed by atoms with Crippen molar-refractivity contribution in [2.24, 2.45) is 15.3 Å². The van der Waals surface area contributed by atoms with Crippen LogP contribution in [-0.2, 0) is 0 Å². The summed E-state index contributed by atoms with van der Waals surface area (Å²) in [5.41, 5.74) is 3.36. The van der Waals surface area contributed by atoms with Crippen LogP contribution in [0.1, 0.15) is 18.4 Å². The zero-order valence-electron chi connectivity index (χ0n) is 19.3. The predicted molar refractivity (Wildman–Crippen MR) is 140 cm³/mol. The first-order chi connectivity index (χ1) is 17.4. The molecule has 2 aromatic carbocycles. The van der Waals surface area contributed by atoms with Gasteiger partial charge in [0.05, 0.1) is 17.7 Å². The van der Waals surface area contributed by atoms with E-state index in [9.17, 15) is 19.0 Å². The Labute approximate surface area is 208 Å². The molecule has 2 aliphatic heterocycles. The summed E-state index contributed by atoms with van der Waals surface area (Å²) >= 11 is 0. The van der Waals surface area contributed by atoms with Gasteiger partial charge in [0.2, 0.25) is 0 Å². The second-order valence-corrected chi connectivity index (χ2v) is 10.6. The SMILES string of the molecule is O=c1c(C2=NS(O)(O)c3cc(OCC4=NCCN4)ccc3N2)c(O)c2ccccc2n1NCC1CC1. The van der Waals surface area contributed by atoms with Gasteiger partial charge in [0.1, 0.15) is 34.4 Å². The molecule has 6 N–H and O–H groups in total. The standard InChI is InChI=1S/C24H26N6O5S/c31-22-16-3-1-2-4-18(16)30(27-12-14-5-6-14)24(32)21(22)23-28-17-8-7-15(11-19(17)36(33,34)29-23)35-13-20-25-9-10-26-20/h1-4,7-8,11,14,27,31,33-34H,5-6,9-10,12-13H2,(H,25,26)(H,28,29). The van der Waals surface area contributed by atoms with Crippen LogP contribution in [0.4, 0.5) is 5.69 Å². The second kappa shape index (κ2) is 8.73. The van der Waals surface area contributed by atoms with E-state index in [1.807, 2.05) is 0 Å². The molecule has 3 aliphatic rings. The maximum Gasteiger partial charge on any atom is 0.284 e. The van der Waals surface area contributed by atoms with Crippen LogP contribution >= 0.6 is 10.8 Å². The Kier molecular flexibility index (Phi) is 5.51. The summed E-state index contributed by atoms with van der Waals surface area (Å²) < 4.78 is 33.1. The Balaban J connectivity index is 1.37. The molecule has 11 nitrogen and oxygen atoms in total. The maximum absolute atomic E-state index is 13.6. The van der Waals surface area contributed by atoms with Crippen molar-refractivity contribution in [3.8, 4) is 11.5 Å². The van der Waals surface area contributed by atoms with Crippen LogP contribution in [0, 0.1) is 5.92 Å². The van der Waals surface area contributed by atoms with E-state index in [1.54, 1.807) is 36.4 Å². The minimum Gasteiger partial charge on any atom is -0.506 e. The van der Waals surface area contributed by atoms with Gasteiger partial charge in [0, 0.05) is 24.5 Å². The first-order valence-electron chi connectivity index (χ1n) is 11.7. The minimum atomic E-state index is -3.69. The number of pyridine rings is 1. The summed E-state index contributed by atoms with van der Waals surface area (Å²) in [5, 5.41) is 17.6. The lowest BCUT2D eigenvalue weighted by Crippen LogP contribution is -2.36. The van der Waals surface area contributed by atoms with E-state index in [0.29, 0.717) is 41.3 Å². The fraction of sp³-hybridized carbons (Fsp3) is 0.292. The number of aromatic nitrogens is 1. The third-order valence-corrected chi connectivity index (χ3v) is 7.73. The lowest BCUT2D eigenvalue weighted by Gasteiger charge is -2.34. The minimum absolute atomic E-state index is 0.115. The monoisotopic (exact) mass is 510 g/mol. The van der Waals surface area contributed by atoms with E-state index in [1.165, 1.54) is 10.7 Å². The van der Waals surface area contributed by atoms with Gasteiger partial charge in [-0.1, -0.05) is 22.9 Å². The second-order valence-electron chi connectivity index (χ2n) is 8.97. The fourth-order valence-corrected chi connectivity index (χ4v) is 5.47. The lowest BCUT2D eigenvalue weighted by atomic mass is 10.1. The average Bonchev–Trinajstić information content (AvgIpc) is 3.54. The van der Waals surface area contributed by atoms with Crippen LogP contribution in [-0.4, -0.2) is 56.8 Å². The number of ether oxygens (including phenoxy) is 1. The number of rotatable bonds is 7. The van der Waals surface area contributed by atoms with Crippen molar-refractivity contribution < 1.29 is 18.9 Å². The van der Waals surface area contributed by atoms with Gasteiger partial charge in [-0.15, -0.1) is 4.40 Å². The Morgan fingerprint density at radius 3 is 2.81 bits per heavy atom. The quantitative estimate of drug-likeness (QED) is 0.284. The van der Waals surface area contributed by atoms with E-state index in [-0.39, 0.29) is 28.7 Å². The molecule has 6 rings (SSSR count). The first kappa shape index (κ1) is 22.7. The van der Waals surface area contributed by atoms with E-state index in [0.717, 1.165) is 25.2 Å². The smallest absolute Gasteiger partial charge is 0.284 e. The van der Waals surface area contributed by atoms with Crippen molar-refractivity contribution in [3.05, 3.63) is 58.4 Å². The molecule has 0 radical (unpaired) electrons. The number of aromatic hydroxyl groups is 1. The molecule has 36 heavy (non-hydrogen) atoms. The van der Waals surface area contributed by atoms with Crippen molar-refractivity contribution in [2.45, 2.75) is 17.7 Å². The zero-order valence-corrected chi connectivity index (χ0v) is 20.1. The molecule has 1 fully saturated rings. The zero-order chi connectivity index (χ0) is 24.9. The van der Waals surface area contributed by atoms with Crippen LogP contribution in [0.25, 0.3) is 10.9 Å². The topological polar surface area (TPSA) is 153 Å². The van der Waals surface area contributed by atoms with Gasteiger partial charge in [-0.3, -0.25) is 18.9 Å². The molecule has 0 amide bonds. The highest BCUT2D eigenvalue weighted by atomic mass is 32.3. The highest BCUT2D eigenvalue weighted by Gasteiger charge is 2.31. The molecule has 1 saturated carbocycles. The summed E-state index contributed by atoms with van der Waals surface area (Å²) in [7, 11) is -3.69. The average molecular weight is 511 g/mol. The summed E-state index contributed by atoms with van der Waals surface area (Å²) in [6.07, 6.45) is 2.21. The molecule has 3 heterocycles. The molecule has 0 spiro atoms. The van der Waals surface area contributed by atoms with Gasteiger partial charge in [-0.25, -0.2) is 4.68 Å². The Morgan fingerprint density at radius 1 is 1.19 bits per heavy atom. The molecule has 0 saturated heterocycles. The number of hydrogen-bond donors (Lipinski definition) is 6. The number of nitrogens with zero attached hydrogens (tertiary/aromatic N) is 3. The molecule has 1 aromatic heterocycles. The summed E-state index contributed by atoms with van der Waals surface area (Å²) in [6.45, 7) is 2.32. The van der Waals surface area contributed by atoms with Gasteiger partial charge in [-0.05, 0) is 43.0 Å². The van der Waals surface area contributed by atoms with Crippen LogP contribution in [0.5, 0.6) is 11.5 Å². The number of aliphatic imine (C=N–C) groups is 1. The molecule has 188 valence electrons. The van der Waals surface area contributed by atoms with Gasteiger partial charge < -0.3 is 25.9 Å². The molecule has 0 atom stereocenters. The van der Waals surface area contributed by atoms with Gasteiger partial charge in [0.25, 0.3) is 5.56 Å². The van der Waals surface area contributed by atoms with Crippen LogP contribution < -0.4 is 26.4 Å². The van der Waals surface area contributed by atoms with Crippen molar-refractivity contribution in [3.63, 3.8) is 0 Å². The summed E-state index contributed by atoms with van der Waals surface area (Å²) in [6, 6.07) is 11.8. The molecule has 1 aliphatic carbocycles. The van der Waals surface area contributed by atoms with E-state index in [2.05, 4.69) is 25.4 Å². The Morgan fingerprint density at radius 2 is 2.03 bits per heavy atom. The normalized spacial score (nSPS) is 18.9. The van der Waals surface area contributed by atoms with E-state index in [4.69, 9.17) is 4.74 Å². The van der Waals surface area contributed by atoms with E-state index >= 15 is 0 Å². The first-order valence-corrected chi connectivity index (χ1v) is 13.2. The number of fused-ring (bicyclic) bond motifs is 2. The predicted octanol–water partition coefficient (Wildman–Crippen LogP) is 2.94. The van der Waals surface area contributed by atoms with Crippen molar-refractivity contribution in [1.29, 1.82) is 0 Å². The highest BCUT2D eigenvalue weighted by molar-refractivity contribution is 8.23. The molecular formula is C24H26N6O5S. The highest BCUT2D eigenvalue weighted by Crippen LogP contribution is 2.56. The van der Waals surface area contributed by atoms with Crippen LogP contribution in [0.15, 0.2) is 61.5 Å². The third-order valence-electron chi connectivity index (χ3n) is 6.36. The lowest BCUT2D eigenvalue weighted by molar-refractivity contribution is 0.372. The van der Waals surface area contributed by atoms with Crippen LogP contribution in [0.2, 0.25) is 0 Å². The number of benzene rings is 2. The van der Waals surface area contributed by atoms with Crippen molar-refractivity contribution >= 4 is 39.0 Å². The summed E-state index contributed by atoms with van der Waals surface area (Å²) in [5.74, 6) is 1.26. The van der Waals surface area contributed by atoms with Crippen molar-refractivity contribution in [1.82, 2.24) is 9.99 Å². The Bertz CT molecular complexity index is 1480. The third kappa shape index (κ3) is 4.12. The van der Waals surface area contributed by atoms with Crippen molar-refractivity contribution in [2.75, 3.05) is 37.0 Å². The number of anilines is 1. The number of hydrogen-bond acceptors (Lipinski definition) is 10. The molecule has 12 heteroatoms. The van der Waals surface area contributed by atoms with Gasteiger partial charge in [0.15, 0.2) is 5.84 Å². The maximum atomic E-state index is 13.6. The van der Waals surface area contributed by atoms with Gasteiger partial charge in [-0.2, -0.15) is 0 Å². The molecule has 3 aromatic rings. The number of nitrogens with one attached hydrogen (secondary N) is 3. The molecular weight excluding hydrogens is 484 g/mol. The summed E-state index contributed by atoms with van der Waals surface area (Å²) in [4.78, 5) is 18.0. The van der Waals surface area contributed by atoms with Gasteiger partial charge >= 0.3 is 0 Å². The molecule has 0 unspecified atom stereocenters. The largest absolute Gasteiger partial charge is 0.506 e. The molecule has 0 bridgehead atoms. The fourth-order valence-electron chi connectivity index (χ4n) is 4.29.